The molecule has 2 heteroatoms. The summed E-state index contributed by atoms with van der Waals surface area (Å²) >= 11 is 4.43. The molecule has 2 fully saturated rings. The minimum atomic E-state index is 0.647. The first-order chi connectivity index (χ1) is 6.66. The fourth-order valence-electron chi connectivity index (χ4n) is 2.73. The molecule has 1 heterocycles. The zero-order valence-electron chi connectivity index (χ0n) is 9.42. The molecule has 2 aliphatic rings. The van der Waals surface area contributed by atoms with Crippen molar-refractivity contribution in [3.8, 4) is 0 Å². The molecular formula is C12H22S2. The summed E-state index contributed by atoms with van der Waals surface area (Å²) in [4.78, 5) is 0. The number of thioether (sulfide) groups is 2. The molecule has 0 bridgehead atoms. The second-order valence-electron chi connectivity index (χ2n) is 5.53. The Hall–Kier alpha value is 0.700. The lowest BCUT2D eigenvalue weighted by atomic mass is 9.90. The van der Waals surface area contributed by atoms with Crippen LogP contribution in [0.4, 0.5) is 0 Å². The predicted molar refractivity (Wildman–Crippen MR) is 69.1 cm³/mol. The van der Waals surface area contributed by atoms with Crippen LogP contribution in [0.25, 0.3) is 0 Å². The highest BCUT2D eigenvalue weighted by atomic mass is 32.2. The van der Waals surface area contributed by atoms with Crippen LogP contribution in [-0.2, 0) is 0 Å². The molecule has 14 heavy (non-hydrogen) atoms. The fourth-order valence-corrected chi connectivity index (χ4v) is 5.84. The lowest BCUT2D eigenvalue weighted by Gasteiger charge is -2.24. The first-order valence-corrected chi connectivity index (χ1v) is 7.99. The van der Waals surface area contributed by atoms with E-state index in [-0.39, 0.29) is 0 Å². The Labute approximate surface area is 97.0 Å². The van der Waals surface area contributed by atoms with Gasteiger partial charge in [0.25, 0.3) is 0 Å². The Morgan fingerprint density at radius 2 is 1.93 bits per heavy atom. The van der Waals surface area contributed by atoms with E-state index < -0.39 is 0 Å². The molecule has 1 aliphatic carbocycles. The summed E-state index contributed by atoms with van der Waals surface area (Å²) < 4.78 is 0.933. The smallest absolute Gasteiger partial charge is 0.0505 e. The minimum Gasteiger partial charge on any atom is -0.148 e. The van der Waals surface area contributed by atoms with E-state index in [9.17, 15) is 0 Å². The van der Waals surface area contributed by atoms with Gasteiger partial charge in [0.1, 0.15) is 0 Å². The molecular weight excluding hydrogens is 208 g/mol. The molecule has 1 saturated carbocycles. The van der Waals surface area contributed by atoms with Crippen LogP contribution in [0.15, 0.2) is 0 Å². The van der Waals surface area contributed by atoms with Gasteiger partial charge in [-0.25, -0.2) is 0 Å². The van der Waals surface area contributed by atoms with E-state index in [1.807, 2.05) is 0 Å². The van der Waals surface area contributed by atoms with E-state index in [1.165, 1.54) is 43.6 Å². The summed E-state index contributed by atoms with van der Waals surface area (Å²) in [5, 5.41) is 0. The molecule has 0 aromatic rings. The molecule has 0 amide bonds. The van der Waals surface area contributed by atoms with Crippen molar-refractivity contribution in [2.75, 3.05) is 11.5 Å². The van der Waals surface area contributed by atoms with Crippen LogP contribution in [0.5, 0.6) is 0 Å². The lowest BCUT2D eigenvalue weighted by Crippen LogP contribution is -2.12. The molecule has 0 nitrogen and oxygen atoms in total. The molecule has 82 valence electrons. The summed E-state index contributed by atoms with van der Waals surface area (Å²) in [6.07, 6.45) is 7.34. The SMILES string of the molecule is CC1(C)CCC(CC2SCCCS2)C1. The largest absolute Gasteiger partial charge is 0.148 e. The van der Waals surface area contributed by atoms with Crippen molar-refractivity contribution >= 4 is 23.5 Å². The van der Waals surface area contributed by atoms with Crippen molar-refractivity contribution in [1.29, 1.82) is 0 Å². The van der Waals surface area contributed by atoms with Gasteiger partial charge in [-0.2, -0.15) is 0 Å². The van der Waals surface area contributed by atoms with E-state index in [0.29, 0.717) is 5.41 Å². The van der Waals surface area contributed by atoms with Crippen LogP contribution in [0.3, 0.4) is 0 Å². The van der Waals surface area contributed by atoms with Crippen molar-refractivity contribution in [3.63, 3.8) is 0 Å². The minimum absolute atomic E-state index is 0.647. The van der Waals surface area contributed by atoms with Gasteiger partial charge >= 0.3 is 0 Å². The Morgan fingerprint density at radius 1 is 1.21 bits per heavy atom. The van der Waals surface area contributed by atoms with Crippen LogP contribution in [0.2, 0.25) is 0 Å². The van der Waals surface area contributed by atoms with Crippen LogP contribution < -0.4 is 0 Å². The number of hydrogen-bond acceptors (Lipinski definition) is 2. The van der Waals surface area contributed by atoms with Gasteiger partial charge in [0, 0.05) is 0 Å². The molecule has 2 rings (SSSR count). The number of rotatable bonds is 2. The van der Waals surface area contributed by atoms with Crippen LogP contribution in [0.1, 0.15) is 46.0 Å². The summed E-state index contributed by atoms with van der Waals surface area (Å²) in [6.45, 7) is 4.88. The van der Waals surface area contributed by atoms with Gasteiger partial charge in [-0.05, 0) is 54.9 Å². The van der Waals surface area contributed by atoms with E-state index in [0.717, 1.165) is 10.5 Å². The molecule has 1 aliphatic heterocycles. The molecule has 1 saturated heterocycles. The van der Waals surface area contributed by atoms with Crippen LogP contribution >= 0.6 is 23.5 Å². The first-order valence-electron chi connectivity index (χ1n) is 5.89. The highest BCUT2D eigenvalue weighted by Gasteiger charge is 2.32. The highest BCUT2D eigenvalue weighted by Crippen LogP contribution is 2.46. The topological polar surface area (TPSA) is 0 Å². The van der Waals surface area contributed by atoms with E-state index >= 15 is 0 Å². The third-order valence-corrected chi connectivity index (χ3v) is 6.49. The number of hydrogen-bond donors (Lipinski definition) is 0. The zero-order chi connectivity index (χ0) is 10.0. The predicted octanol–water partition coefficient (Wildman–Crippen LogP) is 4.40. The second-order valence-corrected chi connectivity index (χ2v) is 8.45. The first kappa shape index (κ1) is 11.2. The Bertz CT molecular complexity index is 183. The average Bonchev–Trinajstić information content (AvgIpc) is 2.47. The quantitative estimate of drug-likeness (QED) is 0.689. The molecule has 0 radical (unpaired) electrons. The van der Waals surface area contributed by atoms with E-state index in [2.05, 4.69) is 37.4 Å². The fraction of sp³-hybridized carbons (Fsp3) is 1.00. The van der Waals surface area contributed by atoms with E-state index in [1.54, 1.807) is 0 Å². The Morgan fingerprint density at radius 3 is 2.50 bits per heavy atom. The van der Waals surface area contributed by atoms with E-state index in [4.69, 9.17) is 0 Å². The van der Waals surface area contributed by atoms with Gasteiger partial charge in [0.15, 0.2) is 0 Å². The monoisotopic (exact) mass is 230 g/mol. The molecule has 1 unspecified atom stereocenters. The van der Waals surface area contributed by atoms with Gasteiger partial charge in [0.05, 0.1) is 4.58 Å². The summed E-state index contributed by atoms with van der Waals surface area (Å²) in [7, 11) is 0. The highest BCUT2D eigenvalue weighted by molar-refractivity contribution is 8.17. The van der Waals surface area contributed by atoms with Gasteiger partial charge in [0.2, 0.25) is 0 Å². The van der Waals surface area contributed by atoms with Crippen LogP contribution in [-0.4, -0.2) is 16.1 Å². The van der Waals surface area contributed by atoms with Gasteiger partial charge in [-0.1, -0.05) is 13.8 Å². The molecule has 0 aromatic carbocycles. The van der Waals surface area contributed by atoms with Crippen molar-refractivity contribution in [2.24, 2.45) is 11.3 Å². The lowest BCUT2D eigenvalue weighted by molar-refractivity contribution is 0.357. The molecule has 0 spiro atoms. The maximum atomic E-state index is 2.44. The van der Waals surface area contributed by atoms with Crippen molar-refractivity contribution < 1.29 is 0 Å². The normalized spacial score (nSPS) is 33.4. The van der Waals surface area contributed by atoms with Crippen molar-refractivity contribution in [3.05, 3.63) is 0 Å². The summed E-state index contributed by atoms with van der Waals surface area (Å²) in [5.74, 6) is 3.86. The molecule has 0 N–H and O–H groups in total. The molecule has 0 aromatic heterocycles. The Balaban J connectivity index is 1.75. The van der Waals surface area contributed by atoms with Crippen molar-refractivity contribution in [2.45, 2.75) is 50.5 Å². The second kappa shape index (κ2) is 4.69. The van der Waals surface area contributed by atoms with Gasteiger partial charge in [-0.3, -0.25) is 0 Å². The Kier molecular flexibility index (Phi) is 3.75. The average molecular weight is 230 g/mol. The maximum Gasteiger partial charge on any atom is 0.0505 e. The van der Waals surface area contributed by atoms with Gasteiger partial charge in [-0.15, -0.1) is 23.5 Å². The zero-order valence-corrected chi connectivity index (χ0v) is 11.1. The van der Waals surface area contributed by atoms with Crippen molar-refractivity contribution in [1.82, 2.24) is 0 Å². The maximum absolute atomic E-state index is 2.44. The van der Waals surface area contributed by atoms with Gasteiger partial charge < -0.3 is 0 Å². The summed E-state index contributed by atoms with van der Waals surface area (Å²) in [6, 6.07) is 0. The third kappa shape index (κ3) is 3.10. The summed E-state index contributed by atoms with van der Waals surface area (Å²) in [5.41, 5.74) is 0.647. The third-order valence-electron chi connectivity index (χ3n) is 3.49. The standard InChI is InChI=1S/C12H22S2/c1-12(2)5-4-10(9-12)8-11-13-6-3-7-14-11/h10-11H,3-9H2,1-2H3. The van der Waals surface area contributed by atoms with Crippen LogP contribution in [0, 0.1) is 11.3 Å². The molecule has 1 atom stereocenters.